The molecule has 1 aromatic carbocycles. The summed E-state index contributed by atoms with van der Waals surface area (Å²) in [6, 6.07) is 8.51. The molecule has 0 aliphatic heterocycles. The van der Waals surface area contributed by atoms with Crippen LogP contribution < -0.4 is 10.4 Å². The number of thiophene rings is 1. The van der Waals surface area contributed by atoms with Gasteiger partial charge in [0.25, 0.3) is 0 Å². The number of aromatic amines is 2. The van der Waals surface area contributed by atoms with Crippen molar-refractivity contribution in [2.75, 3.05) is 0 Å². The van der Waals surface area contributed by atoms with Crippen molar-refractivity contribution < 1.29 is 8.42 Å². The minimum atomic E-state index is -3.58. The highest BCUT2D eigenvalue weighted by Gasteiger charge is 2.41. The molecule has 0 spiro atoms. The first kappa shape index (κ1) is 13.7. The molecular weight excluding hydrogens is 322 g/mol. The monoisotopic (exact) mass is 335 g/mol. The fourth-order valence-electron chi connectivity index (χ4n) is 2.59. The second-order valence-corrected chi connectivity index (χ2v) is 8.07. The molecule has 0 radical (unpaired) electrons. The van der Waals surface area contributed by atoms with E-state index in [0.717, 1.165) is 6.42 Å². The van der Waals surface area contributed by atoms with E-state index in [1.165, 1.54) is 17.0 Å². The van der Waals surface area contributed by atoms with E-state index in [1.54, 1.807) is 17.4 Å². The number of rotatable bonds is 4. The molecule has 4 rings (SSSR count). The first-order valence-electron chi connectivity index (χ1n) is 6.81. The summed E-state index contributed by atoms with van der Waals surface area (Å²) in [6.45, 7) is 0. The van der Waals surface area contributed by atoms with Crippen LogP contribution in [0.15, 0.2) is 45.4 Å². The molecule has 2 heterocycles. The summed E-state index contributed by atoms with van der Waals surface area (Å²) in [5, 5.41) is 2.00. The molecule has 22 heavy (non-hydrogen) atoms. The fourth-order valence-corrected chi connectivity index (χ4v) is 4.81. The van der Waals surface area contributed by atoms with Crippen LogP contribution in [0.3, 0.4) is 0 Å². The molecule has 8 heteroatoms. The molecule has 0 amide bonds. The predicted octanol–water partition coefficient (Wildman–Crippen LogP) is 1.75. The summed E-state index contributed by atoms with van der Waals surface area (Å²) in [5.41, 5.74) is 0.725. The van der Waals surface area contributed by atoms with Gasteiger partial charge in [0.2, 0.25) is 10.0 Å². The second-order valence-electron chi connectivity index (χ2n) is 5.37. The molecule has 0 saturated heterocycles. The van der Waals surface area contributed by atoms with Crippen LogP contribution in [-0.2, 0) is 10.0 Å². The lowest BCUT2D eigenvalue weighted by Crippen LogP contribution is -2.26. The van der Waals surface area contributed by atoms with Gasteiger partial charge in [-0.1, -0.05) is 6.07 Å². The molecule has 114 valence electrons. The van der Waals surface area contributed by atoms with Gasteiger partial charge in [0.1, 0.15) is 0 Å². The summed E-state index contributed by atoms with van der Waals surface area (Å²) in [6.07, 6.45) is 0.822. The van der Waals surface area contributed by atoms with Crippen LogP contribution in [0.1, 0.15) is 17.2 Å². The first-order valence-corrected chi connectivity index (χ1v) is 9.17. The maximum atomic E-state index is 12.4. The molecule has 3 aromatic rings. The molecule has 1 fully saturated rings. The Kier molecular flexibility index (Phi) is 3.00. The van der Waals surface area contributed by atoms with Gasteiger partial charge in [-0.3, -0.25) is 0 Å². The van der Waals surface area contributed by atoms with Gasteiger partial charge in [-0.05, 0) is 36.1 Å². The average Bonchev–Trinajstić information content (AvgIpc) is 2.90. The molecular formula is C14H13N3O3S2. The summed E-state index contributed by atoms with van der Waals surface area (Å²) >= 11 is 1.65. The Balaban J connectivity index is 1.58. The van der Waals surface area contributed by atoms with Crippen molar-refractivity contribution in [2.24, 2.45) is 0 Å². The van der Waals surface area contributed by atoms with Crippen molar-refractivity contribution in [3.8, 4) is 0 Å². The number of aromatic nitrogens is 2. The number of imidazole rings is 1. The van der Waals surface area contributed by atoms with Gasteiger partial charge in [0, 0.05) is 16.8 Å². The summed E-state index contributed by atoms with van der Waals surface area (Å²) in [5.74, 6) is 0.269. The van der Waals surface area contributed by atoms with E-state index < -0.39 is 10.0 Å². The van der Waals surface area contributed by atoms with Crippen molar-refractivity contribution in [1.82, 2.24) is 14.7 Å². The Bertz CT molecular complexity index is 986. The molecule has 6 nitrogen and oxygen atoms in total. The highest BCUT2D eigenvalue weighted by atomic mass is 32.2. The summed E-state index contributed by atoms with van der Waals surface area (Å²) < 4.78 is 27.6. The van der Waals surface area contributed by atoms with Crippen LogP contribution >= 0.6 is 11.3 Å². The normalized spacial score (nSPS) is 21.3. The Morgan fingerprint density at radius 3 is 2.77 bits per heavy atom. The van der Waals surface area contributed by atoms with Crippen LogP contribution in [0.25, 0.3) is 11.0 Å². The van der Waals surface area contributed by atoms with Crippen molar-refractivity contribution in [1.29, 1.82) is 0 Å². The lowest BCUT2D eigenvalue weighted by Gasteiger charge is -2.06. The Labute approximate surface area is 130 Å². The molecule has 1 aliphatic carbocycles. The fraction of sp³-hybridized carbons (Fsp3) is 0.214. The van der Waals surface area contributed by atoms with Crippen molar-refractivity contribution in [2.45, 2.75) is 23.3 Å². The molecule has 2 unspecified atom stereocenters. The van der Waals surface area contributed by atoms with E-state index in [-0.39, 0.29) is 22.5 Å². The van der Waals surface area contributed by atoms with Crippen LogP contribution in [-0.4, -0.2) is 24.4 Å². The number of hydrogen-bond acceptors (Lipinski definition) is 4. The predicted molar refractivity (Wildman–Crippen MR) is 84.7 cm³/mol. The van der Waals surface area contributed by atoms with Crippen molar-refractivity contribution >= 4 is 32.4 Å². The quantitative estimate of drug-likeness (QED) is 0.678. The van der Waals surface area contributed by atoms with Crippen LogP contribution in [0.4, 0.5) is 0 Å². The number of nitrogens with one attached hydrogen (secondary N) is 3. The Morgan fingerprint density at radius 1 is 1.18 bits per heavy atom. The maximum Gasteiger partial charge on any atom is 0.323 e. The molecule has 2 aromatic heterocycles. The van der Waals surface area contributed by atoms with E-state index in [9.17, 15) is 13.2 Å². The zero-order valence-electron chi connectivity index (χ0n) is 11.4. The van der Waals surface area contributed by atoms with Gasteiger partial charge in [0.05, 0.1) is 15.9 Å². The highest BCUT2D eigenvalue weighted by molar-refractivity contribution is 7.89. The van der Waals surface area contributed by atoms with E-state index >= 15 is 0 Å². The Morgan fingerprint density at radius 2 is 2.00 bits per heavy atom. The van der Waals surface area contributed by atoms with E-state index in [4.69, 9.17) is 0 Å². The third-order valence-corrected chi connectivity index (χ3v) is 6.30. The van der Waals surface area contributed by atoms with Gasteiger partial charge < -0.3 is 9.97 Å². The largest absolute Gasteiger partial charge is 0.323 e. The zero-order chi connectivity index (χ0) is 15.3. The van der Waals surface area contributed by atoms with Gasteiger partial charge in [-0.15, -0.1) is 11.3 Å². The minimum absolute atomic E-state index is 0.0513. The number of benzene rings is 1. The summed E-state index contributed by atoms with van der Waals surface area (Å²) in [7, 11) is -3.58. The van der Waals surface area contributed by atoms with Gasteiger partial charge in [-0.25, -0.2) is 17.9 Å². The van der Waals surface area contributed by atoms with Gasteiger partial charge in [0.15, 0.2) is 0 Å². The lowest BCUT2D eigenvalue weighted by atomic mass is 10.3. The topological polar surface area (TPSA) is 94.8 Å². The van der Waals surface area contributed by atoms with E-state index in [2.05, 4.69) is 14.7 Å². The second kappa shape index (κ2) is 4.80. The lowest BCUT2D eigenvalue weighted by molar-refractivity contribution is 0.580. The van der Waals surface area contributed by atoms with Crippen LogP contribution in [0.2, 0.25) is 0 Å². The molecule has 3 N–H and O–H groups in total. The SMILES string of the molecule is O=c1[nH]c2ccc(S(=O)(=O)NC3CC3c3cccs3)cc2[nH]1. The van der Waals surface area contributed by atoms with Gasteiger partial charge in [-0.2, -0.15) is 0 Å². The third kappa shape index (κ3) is 2.39. The summed E-state index contributed by atoms with van der Waals surface area (Å²) in [4.78, 5) is 17.8. The number of H-pyrrole nitrogens is 2. The first-order chi connectivity index (χ1) is 10.5. The molecule has 0 bridgehead atoms. The Hall–Kier alpha value is -1.90. The average molecular weight is 335 g/mol. The minimum Gasteiger partial charge on any atom is -0.306 e. The van der Waals surface area contributed by atoms with Crippen molar-refractivity contribution in [3.05, 3.63) is 51.1 Å². The maximum absolute atomic E-state index is 12.4. The van der Waals surface area contributed by atoms with Crippen molar-refractivity contribution in [3.63, 3.8) is 0 Å². The highest BCUT2D eigenvalue weighted by Crippen LogP contribution is 2.43. The molecule has 2 atom stereocenters. The number of sulfonamides is 1. The van der Waals surface area contributed by atoms with E-state index in [1.807, 2.05) is 17.5 Å². The standard InChI is InChI=1S/C14H13N3O3S2/c18-14-15-10-4-3-8(6-12(10)16-14)22(19,20)17-11-7-9(11)13-2-1-5-21-13/h1-6,9,11,17H,7H2,(H2,15,16,18). The zero-order valence-corrected chi connectivity index (χ0v) is 13.0. The third-order valence-electron chi connectivity index (χ3n) is 3.80. The van der Waals surface area contributed by atoms with Crippen LogP contribution in [0, 0.1) is 0 Å². The molecule has 1 aliphatic rings. The number of fused-ring (bicyclic) bond motifs is 1. The smallest absolute Gasteiger partial charge is 0.306 e. The van der Waals surface area contributed by atoms with E-state index in [0.29, 0.717) is 11.0 Å². The van der Waals surface area contributed by atoms with Crippen LogP contribution in [0.5, 0.6) is 0 Å². The van der Waals surface area contributed by atoms with Gasteiger partial charge >= 0.3 is 5.69 Å². The molecule has 1 saturated carbocycles. The number of hydrogen-bond donors (Lipinski definition) is 3.